The second-order valence-corrected chi connectivity index (χ2v) is 5.40. The second kappa shape index (κ2) is 7.43. The summed E-state index contributed by atoms with van der Waals surface area (Å²) in [6, 6.07) is 8.12. The fraction of sp³-hybridized carbons (Fsp3) is 0.312. The van der Waals surface area contributed by atoms with E-state index >= 15 is 0 Å². The molecular weight excluding hydrogens is 332 g/mol. The van der Waals surface area contributed by atoms with Crippen LogP contribution in [-0.4, -0.2) is 25.7 Å². The summed E-state index contributed by atoms with van der Waals surface area (Å²) in [5.41, 5.74) is 2.20. The number of halogens is 1. The highest BCUT2D eigenvalue weighted by atomic mass is 79.9. The molecule has 0 aliphatic carbocycles. The minimum absolute atomic E-state index is 0.0554. The van der Waals surface area contributed by atoms with Gasteiger partial charge in [0.05, 0.1) is 30.9 Å². The van der Waals surface area contributed by atoms with Gasteiger partial charge in [-0.3, -0.25) is 4.98 Å². The van der Waals surface area contributed by atoms with E-state index in [1.807, 2.05) is 18.3 Å². The van der Waals surface area contributed by atoms with Crippen molar-refractivity contribution in [3.05, 3.63) is 52.3 Å². The highest BCUT2D eigenvalue weighted by Crippen LogP contribution is 2.31. The Hall–Kier alpha value is -1.59. The van der Waals surface area contributed by atoms with Crippen LogP contribution in [0.3, 0.4) is 0 Å². The molecule has 0 spiro atoms. The van der Waals surface area contributed by atoms with E-state index in [9.17, 15) is 0 Å². The molecule has 112 valence electrons. The largest absolute Gasteiger partial charge is 0.496 e. The highest BCUT2D eigenvalue weighted by Gasteiger charge is 2.15. The van der Waals surface area contributed by atoms with Gasteiger partial charge in [0.15, 0.2) is 0 Å². The molecule has 1 aromatic heterocycles. The Kier molecular flexibility index (Phi) is 5.59. The van der Waals surface area contributed by atoms with Crippen LogP contribution in [0.4, 0.5) is 0 Å². The van der Waals surface area contributed by atoms with Gasteiger partial charge in [0.25, 0.3) is 0 Å². The van der Waals surface area contributed by atoms with Gasteiger partial charge in [-0.05, 0) is 51.8 Å². The predicted molar refractivity (Wildman–Crippen MR) is 87.0 cm³/mol. The molecule has 2 rings (SSSR count). The zero-order valence-electron chi connectivity index (χ0n) is 12.4. The van der Waals surface area contributed by atoms with Gasteiger partial charge in [0.2, 0.25) is 0 Å². The number of hydrogen-bond donors (Lipinski definition) is 1. The number of ether oxygens (including phenoxy) is 2. The zero-order valence-corrected chi connectivity index (χ0v) is 14.0. The fourth-order valence-corrected chi connectivity index (χ4v) is 2.76. The Labute approximate surface area is 133 Å². The molecule has 5 heteroatoms. The maximum Gasteiger partial charge on any atom is 0.137 e. The number of aromatic nitrogens is 1. The van der Waals surface area contributed by atoms with Crippen LogP contribution in [0.2, 0.25) is 0 Å². The molecule has 0 bridgehead atoms. The summed E-state index contributed by atoms with van der Waals surface area (Å²) < 4.78 is 11.5. The van der Waals surface area contributed by atoms with E-state index < -0.39 is 0 Å². The van der Waals surface area contributed by atoms with Crippen molar-refractivity contribution in [1.29, 1.82) is 0 Å². The molecule has 0 amide bonds. The van der Waals surface area contributed by atoms with E-state index in [4.69, 9.17) is 9.47 Å². The first-order chi connectivity index (χ1) is 10.2. The maximum atomic E-state index is 5.28. The predicted octanol–water partition coefficient (Wildman–Crippen LogP) is 3.56. The van der Waals surface area contributed by atoms with Gasteiger partial charge in [-0.1, -0.05) is 13.0 Å². The Morgan fingerprint density at radius 3 is 2.57 bits per heavy atom. The van der Waals surface area contributed by atoms with Crippen molar-refractivity contribution in [2.24, 2.45) is 0 Å². The maximum absolute atomic E-state index is 5.28. The Balaban J connectivity index is 2.40. The van der Waals surface area contributed by atoms with Crippen molar-refractivity contribution in [1.82, 2.24) is 10.3 Å². The van der Waals surface area contributed by atoms with E-state index in [2.05, 4.69) is 45.3 Å². The lowest BCUT2D eigenvalue weighted by Gasteiger charge is -2.20. The van der Waals surface area contributed by atoms with Crippen LogP contribution in [0.1, 0.15) is 24.1 Å². The molecule has 2 aromatic rings. The molecule has 21 heavy (non-hydrogen) atoms. The molecule has 0 fully saturated rings. The van der Waals surface area contributed by atoms with E-state index in [0.717, 1.165) is 33.6 Å². The fourth-order valence-electron chi connectivity index (χ4n) is 2.20. The van der Waals surface area contributed by atoms with Crippen LogP contribution < -0.4 is 14.8 Å². The monoisotopic (exact) mass is 350 g/mol. The van der Waals surface area contributed by atoms with Gasteiger partial charge in [-0.25, -0.2) is 0 Å². The highest BCUT2D eigenvalue weighted by molar-refractivity contribution is 9.10. The average Bonchev–Trinajstić information content (AvgIpc) is 2.52. The summed E-state index contributed by atoms with van der Waals surface area (Å²) in [5, 5.41) is 3.47. The van der Waals surface area contributed by atoms with Gasteiger partial charge >= 0.3 is 0 Å². The third-order valence-electron chi connectivity index (χ3n) is 3.22. The molecule has 4 nitrogen and oxygen atoms in total. The lowest BCUT2D eigenvalue weighted by molar-refractivity contribution is 0.410. The van der Waals surface area contributed by atoms with Crippen molar-refractivity contribution in [3.8, 4) is 11.5 Å². The summed E-state index contributed by atoms with van der Waals surface area (Å²) in [5.74, 6) is 1.57. The molecule has 0 aliphatic heterocycles. The van der Waals surface area contributed by atoms with Gasteiger partial charge in [-0.2, -0.15) is 0 Å². The molecular formula is C16H19BrN2O2. The number of nitrogens with one attached hydrogen (secondary N) is 1. The van der Waals surface area contributed by atoms with E-state index in [1.165, 1.54) is 0 Å². The van der Waals surface area contributed by atoms with Crippen molar-refractivity contribution >= 4 is 15.9 Å². The normalized spacial score (nSPS) is 12.0. The molecule has 0 saturated heterocycles. The third-order valence-corrected chi connectivity index (χ3v) is 3.84. The first-order valence-corrected chi connectivity index (χ1v) is 7.54. The van der Waals surface area contributed by atoms with E-state index in [0.29, 0.717) is 0 Å². The minimum atomic E-state index is 0.0554. The van der Waals surface area contributed by atoms with E-state index in [1.54, 1.807) is 20.4 Å². The summed E-state index contributed by atoms with van der Waals surface area (Å²) in [6.07, 6.45) is 3.56. The summed E-state index contributed by atoms with van der Waals surface area (Å²) >= 11 is 3.53. The summed E-state index contributed by atoms with van der Waals surface area (Å²) in [6.45, 7) is 2.94. The van der Waals surface area contributed by atoms with Crippen LogP contribution in [0.15, 0.2) is 41.1 Å². The standard InChI is InChI=1S/C16H19BrN2O2/c1-4-19-16(12-7-13(20-2)10-18-9-12)11-5-6-15(21-3)14(17)8-11/h5-10,16,19H,4H2,1-3H3. The molecule has 1 N–H and O–H groups in total. The minimum Gasteiger partial charge on any atom is -0.496 e. The quantitative estimate of drug-likeness (QED) is 0.864. The molecule has 1 atom stereocenters. The van der Waals surface area contributed by atoms with Crippen molar-refractivity contribution in [2.75, 3.05) is 20.8 Å². The van der Waals surface area contributed by atoms with Crippen LogP contribution in [0, 0.1) is 0 Å². The number of rotatable bonds is 6. The number of pyridine rings is 1. The molecule has 0 aliphatic rings. The Bertz CT molecular complexity index is 605. The second-order valence-electron chi connectivity index (χ2n) is 4.54. The molecule has 1 unspecified atom stereocenters. The Morgan fingerprint density at radius 2 is 1.95 bits per heavy atom. The van der Waals surface area contributed by atoms with Crippen molar-refractivity contribution in [2.45, 2.75) is 13.0 Å². The first-order valence-electron chi connectivity index (χ1n) is 6.75. The van der Waals surface area contributed by atoms with Gasteiger partial charge in [-0.15, -0.1) is 0 Å². The van der Waals surface area contributed by atoms with Gasteiger partial charge in [0.1, 0.15) is 11.5 Å². The number of hydrogen-bond acceptors (Lipinski definition) is 4. The van der Waals surface area contributed by atoms with Crippen molar-refractivity contribution in [3.63, 3.8) is 0 Å². The molecule has 0 radical (unpaired) electrons. The molecule has 1 aromatic carbocycles. The van der Waals surface area contributed by atoms with Gasteiger partial charge < -0.3 is 14.8 Å². The third kappa shape index (κ3) is 3.74. The molecule has 1 heterocycles. The number of nitrogens with zero attached hydrogens (tertiary/aromatic N) is 1. The molecule has 0 saturated carbocycles. The number of benzene rings is 1. The van der Waals surface area contributed by atoms with Gasteiger partial charge in [0, 0.05) is 6.20 Å². The zero-order chi connectivity index (χ0) is 15.2. The Morgan fingerprint density at radius 1 is 1.14 bits per heavy atom. The van der Waals surface area contributed by atoms with Crippen LogP contribution in [0.25, 0.3) is 0 Å². The average molecular weight is 351 g/mol. The van der Waals surface area contributed by atoms with E-state index in [-0.39, 0.29) is 6.04 Å². The van der Waals surface area contributed by atoms with Crippen LogP contribution in [-0.2, 0) is 0 Å². The smallest absolute Gasteiger partial charge is 0.137 e. The lowest BCUT2D eigenvalue weighted by Crippen LogP contribution is -2.22. The first kappa shape index (κ1) is 15.8. The summed E-state index contributed by atoms with van der Waals surface area (Å²) in [7, 11) is 3.31. The summed E-state index contributed by atoms with van der Waals surface area (Å²) in [4.78, 5) is 4.24. The topological polar surface area (TPSA) is 43.4 Å². The van der Waals surface area contributed by atoms with Crippen LogP contribution in [0.5, 0.6) is 11.5 Å². The SMILES string of the molecule is CCNC(c1cncc(OC)c1)c1ccc(OC)c(Br)c1. The lowest BCUT2D eigenvalue weighted by atomic mass is 10.00. The number of methoxy groups -OCH3 is 2. The van der Waals surface area contributed by atoms with Crippen LogP contribution >= 0.6 is 15.9 Å². The van der Waals surface area contributed by atoms with Crippen molar-refractivity contribution < 1.29 is 9.47 Å².